The smallest absolute Gasteiger partial charge is 0.365 e. The molecule has 0 radical (unpaired) electrons. The zero-order chi connectivity index (χ0) is 30.5. The van der Waals surface area contributed by atoms with Gasteiger partial charge in [-0.05, 0) is 56.0 Å². The fourth-order valence-electron chi connectivity index (χ4n) is 6.79. The maximum atomic E-state index is 14.5. The highest BCUT2D eigenvalue weighted by atomic mass is 19.4. The van der Waals surface area contributed by atoms with E-state index >= 15 is 0 Å². The van der Waals surface area contributed by atoms with Gasteiger partial charge in [0.25, 0.3) is 6.43 Å². The molecule has 2 N–H and O–H groups in total. The van der Waals surface area contributed by atoms with Gasteiger partial charge < -0.3 is 10.0 Å². The van der Waals surface area contributed by atoms with E-state index in [-0.39, 0.29) is 11.6 Å². The van der Waals surface area contributed by atoms with E-state index < -0.39 is 25.5 Å². The number of benzene rings is 1. The van der Waals surface area contributed by atoms with Crippen molar-refractivity contribution in [2.75, 3.05) is 44.7 Å². The number of halogens is 5. The lowest BCUT2D eigenvalue weighted by atomic mass is 9.92. The number of likely N-dealkylation sites (tertiary alicyclic amines) is 1. The van der Waals surface area contributed by atoms with Crippen LogP contribution in [0.4, 0.5) is 33.5 Å². The maximum Gasteiger partial charge on any atom is 0.401 e. The summed E-state index contributed by atoms with van der Waals surface area (Å²) in [7, 11) is 3.42. The van der Waals surface area contributed by atoms with E-state index in [4.69, 9.17) is 5.10 Å². The molecule has 0 saturated carbocycles. The Balaban J connectivity index is 1.39. The maximum absolute atomic E-state index is 14.5. The minimum absolute atomic E-state index is 0.0680. The van der Waals surface area contributed by atoms with Gasteiger partial charge in [0.05, 0.1) is 18.8 Å². The largest absolute Gasteiger partial charge is 0.401 e. The second kappa shape index (κ2) is 11.8. The third kappa shape index (κ3) is 6.02. The van der Waals surface area contributed by atoms with Gasteiger partial charge in [0.15, 0.2) is 12.2 Å². The molecule has 0 aliphatic carbocycles. The molecule has 3 aliphatic rings. The Morgan fingerprint density at radius 3 is 2.51 bits per heavy atom. The number of alkyl halides is 5. The Kier molecular flexibility index (Phi) is 8.22. The van der Waals surface area contributed by atoms with Crippen molar-refractivity contribution in [3.63, 3.8) is 0 Å². The molecule has 1 atom stereocenters. The molecule has 0 amide bonds. The second-order valence-electron chi connectivity index (χ2n) is 11.7. The summed E-state index contributed by atoms with van der Waals surface area (Å²) < 4.78 is 71.5. The van der Waals surface area contributed by atoms with Gasteiger partial charge in [-0.2, -0.15) is 23.4 Å². The number of hydrogen-bond acceptors (Lipinski definition) is 7. The lowest BCUT2D eigenvalue weighted by Gasteiger charge is -2.35. The summed E-state index contributed by atoms with van der Waals surface area (Å²) in [5, 5.41) is 22.7. The lowest BCUT2D eigenvalue weighted by molar-refractivity contribution is -0.148. The highest BCUT2D eigenvalue weighted by molar-refractivity contribution is 5.76. The van der Waals surface area contributed by atoms with Crippen LogP contribution in [-0.4, -0.2) is 86.8 Å². The quantitative estimate of drug-likeness (QED) is 0.305. The predicted molar refractivity (Wildman–Crippen MR) is 151 cm³/mol. The summed E-state index contributed by atoms with van der Waals surface area (Å²) in [6, 6.07) is 3.35. The molecule has 0 spiro atoms. The summed E-state index contributed by atoms with van der Waals surface area (Å²) in [4.78, 5) is 5.34. The van der Waals surface area contributed by atoms with Gasteiger partial charge in [-0.25, -0.2) is 8.78 Å². The Morgan fingerprint density at radius 1 is 1.09 bits per heavy atom. The van der Waals surface area contributed by atoms with Gasteiger partial charge in [0, 0.05) is 80.5 Å². The first-order valence-electron chi connectivity index (χ1n) is 14.7. The van der Waals surface area contributed by atoms with Gasteiger partial charge in [0.1, 0.15) is 0 Å². The van der Waals surface area contributed by atoms with Gasteiger partial charge in [0.2, 0.25) is 0 Å². The molecule has 1 fully saturated rings. The highest BCUT2D eigenvalue weighted by Gasteiger charge is 2.37. The van der Waals surface area contributed by atoms with E-state index in [1.165, 1.54) is 4.90 Å². The van der Waals surface area contributed by atoms with Crippen molar-refractivity contribution in [2.24, 2.45) is 7.05 Å². The molecule has 1 aromatic carbocycles. The summed E-state index contributed by atoms with van der Waals surface area (Å²) in [5.41, 5.74) is 4.57. The fraction of sp³-hybridized carbons (Fsp3) is 0.586. The average Bonchev–Trinajstić information content (AvgIpc) is 3.58. The fourth-order valence-corrected chi connectivity index (χ4v) is 6.79. The summed E-state index contributed by atoms with van der Waals surface area (Å²) >= 11 is 0. The van der Waals surface area contributed by atoms with Crippen LogP contribution in [0.5, 0.6) is 0 Å². The summed E-state index contributed by atoms with van der Waals surface area (Å²) in [5.74, 6) is 0.663. The SMILES string of the molecule is CNC(O)N1CCc2c(c(N3CCCc4cc(-c5cnn(C)c5)c(C(F)F)cc43)nn2C2CCN(CC(F)(F)F)CC2)C1. The summed E-state index contributed by atoms with van der Waals surface area (Å²) in [6.07, 6.45) is -1.27. The topological polar surface area (TPSA) is 77.6 Å². The van der Waals surface area contributed by atoms with Gasteiger partial charge >= 0.3 is 6.18 Å². The van der Waals surface area contributed by atoms with Crippen LogP contribution in [0.2, 0.25) is 0 Å². The minimum Gasteiger partial charge on any atom is -0.365 e. The number of nitrogens with one attached hydrogen (secondary N) is 1. The van der Waals surface area contributed by atoms with Crippen LogP contribution in [0.3, 0.4) is 0 Å². The first-order valence-corrected chi connectivity index (χ1v) is 14.7. The molecule has 1 unspecified atom stereocenters. The van der Waals surface area contributed by atoms with Crippen molar-refractivity contribution in [1.29, 1.82) is 0 Å². The molecule has 6 rings (SSSR count). The van der Waals surface area contributed by atoms with Crippen molar-refractivity contribution >= 4 is 11.5 Å². The monoisotopic (exact) mass is 608 g/mol. The minimum atomic E-state index is -4.24. The van der Waals surface area contributed by atoms with Gasteiger partial charge in [-0.1, -0.05) is 0 Å². The summed E-state index contributed by atoms with van der Waals surface area (Å²) in [6.45, 7) is 1.29. The molecule has 9 nitrogen and oxygen atoms in total. The van der Waals surface area contributed by atoms with E-state index in [1.54, 1.807) is 37.2 Å². The first kappa shape index (κ1) is 30.0. The van der Waals surface area contributed by atoms with E-state index in [9.17, 15) is 27.1 Å². The molecule has 5 heterocycles. The van der Waals surface area contributed by atoms with Crippen LogP contribution >= 0.6 is 0 Å². The number of piperidine rings is 1. The normalized spacial score (nSPS) is 19.6. The van der Waals surface area contributed by atoms with Gasteiger partial charge in [-0.3, -0.25) is 24.5 Å². The van der Waals surface area contributed by atoms with Crippen LogP contribution in [0.15, 0.2) is 24.5 Å². The highest BCUT2D eigenvalue weighted by Crippen LogP contribution is 2.43. The van der Waals surface area contributed by atoms with E-state index in [1.807, 2.05) is 20.5 Å². The zero-order valence-corrected chi connectivity index (χ0v) is 24.3. The van der Waals surface area contributed by atoms with E-state index in [0.717, 1.165) is 29.7 Å². The molecule has 1 saturated heterocycles. The number of fused-ring (bicyclic) bond motifs is 2. The molecule has 14 heteroatoms. The Labute approximate surface area is 246 Å². The lowest BCUT2D eigenvalue weighted by Crippen LogP contribution is -2.46. The number of anilines is 2. The number of hydrogen-bond donors (Lipinski definition) is 2. The van der Waals surface area contributed by atoms with Crippen molar-refractivity contribution in [3.05, 3.63) is 46.9 Å². The van der Waals surface area contributed by atoms with E-state index in [0.29, 0.717) is 74.6 Å². The molecular weight excluding hydrogens is 571 g/mol. The second-order valence-corrected chi connectivity index (χ2v) is 11.7. The number of aliphatic hydroxyl groups excluding tert-OH is 1. The van der Waals surface area contributed by atoms with Crippen molar-refractivity contribution in [3.8, 4) is 11.1 Å². The standard InChI is InChI=1S/C29H37F5N8O/c1-35-28(43)40-11-7-24-23(16-40)27(37-42(24)20-5-9-39(10-6-20)17-29(32,33)34)41-8-3-4-18-12-21(19-14-36-38(2)15-19)22(26(30)31)13-25(18)41/h12-15,20,26,28,35,43H,3-11,16-17H2,1-2H3. The van der Waals surface area contributed by atoms with Crippen LogP contribution in [0, 0.1) is 0 Å². The molecule has 43 heavy (non-hydrogen) atoms. The molecule has 2 aromatic heterocycles. The Morgan fingerprint density at radius 2 is 1.86 bits per heavy atom. The molecule has 3 aromatic rings. The third-order valence-electron chi connectivity index (χ3n) is 8.88. The van der Waals surface area contributed by atoms with Crippen LogP contribution < -0.4 is 10.2 Å². The number of aromatic nitrogens is 4. The Hall–Kier alpha value is -3.07. The molecule has 234 valence electrons. The average molecular weight is 609 g/mol. The van der Waals surface area contributed by atoms with Crippen molar-refractivity contribution in [2.45, 2.75) is 63.6 Å². The number of rotatable bonds is 7. The van der Waals surface area contributed by atoms with Crippen molar-refractivity contribution in [1.82, 2.24) is 34.7 Å². The predicted octanol–water partition coefficient (Wildman–Crippen LogP) is 4.36. The van der Waals surface area contributed by atoms with Gasteiger partial charge in [-0.15, -0.1) is 0 Å². The first-order chi connectivity index (χ1) is 20.5. The number of aryl methyl sites for hydroxylation is 2. The molecule has 3 aliphatic heterocycles. The van der Waals surface area contributed by atoms with Crippen LogP contribution in [-0.2, 0) is 26.4 Å². The molecular formula is C29H37F5N8O. The molecule has 0 bridgehead atoms. The van der Waals surface area contributed by atoms with Crippen molar-refractivity contribution < 1.29 is 27.1 Å². The number of nitrogens with zero attached hydrogens (tertiary/aromatic N) is 7. The third-order valence-corrected chi connectivity index (χ3v) is 8.88. The van der Waals surface area contributed by atoms with E-state index in [2.05, 4.69) is 10.4 Å². The Bertz CT molecular complexity index is 1450. The zero-order valence-electron chi connectivity index (χ0n) is 24.3. The van der Waals surface area contributed by atoms with Crippen LogP contribution in [0.25, 0.3) is 11.1 Å². The van der Waals surface area contributed by atoms with Crippen LogP contribution in [0.1, 0.15) is 54.1 Å². The number of aliphatic hydroxyl groups is 1.